The van der Waals surface area contributed by atoms with Crippen molar-refractivity contribution in [2.24, 2.45) is 5.92 Å². The van der Waals surface area contributed by atoms with Crippen molar-refractivity contribution < 1.29 is 24.2 Å². The van der Waals surface area contributed by atoms with Gasteiger partial charge in [-0.3, -0.25) is 4.79 Å². The van der Waals surface area contributed by atoms with Crippen LogP contribution in [0.3, 0.4) is 0 Å². The van der Waals surface area contributed by atoms with E-state index in [0.29, 0.717) is 49.0 Å². The van der Waals surface area contributed by atoms with E-state index in [4.69, 9.17) is 9.47 Å². The second-order valence-corrected chi connectivity index (χ2v) is 6.39. The molecule has 1 aromatic carbocycles. The van der Waals surface area contributed by atoms with Gasteiger partial charge in [-0.05, 0) is 43.4 Å². The van der Waals surface area contributed by atoms with Crippen LogP contribution in [0.5, 0.6) is 11.5 Å². The van der Waals surface area contributed by atoms with Gasteiger partial charge < -0.3 is 19.5 Å². The molecule has 0 aromatic heterocycles. The molecule has 1 saturated heterocycles. The van der Waals surface area contributed by atoms with Gasteiger partial charge in [0.15, 0.2) is 11.5 Å². The summed E-state index contributed by atoms with van der Waals surface area (Å²) in [5, 5.41) is 9.23. The first-order chi connectivity index (χ1) is 11.4. The van der Waals surface area contributed by atoms with Gasteiger partial charge in [-0.15, -0.1) is 0 Å². The van der Waals surface area contributed by atoms with E-state index in [-0.39, 0.29) is 5.91 Å². The molecule has 0 bridgehead atoms. The third-order valence-corrected chi connectivity index (χ3v) is 4.16. The van der Waals surface area contributed by atoms with Crippen molar-refractivity contribution in [3.05, 3.63) is 23.8 Å². The zero-order valence-corrected chi connectivity index (χ0v) is 14.4. The number of hydrogen-bond acceptors (Lipinski definition) is 4. The van der Waals surface area contributed by atoms with Gasteiger partial charge in [0.25, 0.3) is 5.91 Å². The number of benzene rings is 1. The van der Waals surface area contributed by atoms with Crippen LogP contribution in [-0.4, -0.2) is 48.2 Å². The average molecular weight is 335 g/mol. The summed E-state index contributed by atoms with van der Waals surface area (Å²) in [6.45, 7) is 5.29. The molecule has 0 radical (unpaired) electrons. The van der Waals surface area contributed by atoms with Crippen LogP contribution in [0.15, 0.2) is 18.2 Å². The van der Waals surface area contributed by atoms with Crippen molar-refractivity contribution in [2.45, 2.75) is 39.2 Å². The standard InChI is InChI=1S/C18H25NO5/c1-12(2)8-10-24-15-7-6-13(11-16(15)23-3)17(20)19-9-4-5-14(19)18(21)22/h6-7,11-12,14H,4-5,8-10H2,1-3H3,(H,21,22). The Labute approximate surface area is 142 Å². The van der Waals surface area contributed by atoms with Crippen LogP contribution in [0.4, 0.5) is 0 Å². The normalized spacial score (nSPS) is 17.2. The second-order valence-electron chi connectivity index (χ2n) is 6.39. The molecule has 1 fully saturated rings. The summed E-state index contributed by atoms with van der Waals surface area (Å²) in [6, 6.07) is 4.24. The highest BCUT2D eigenvalue weighted by atomic mass is 16.5. The molecule has 1 atom stereocenters. The zero-order valence-electron chi connectivity index (χ0n) is 14.4. The Hall–Kier alpha value is -2.24. The number of methoxy groups -OCH3 is 1. The molecule has 0 spiro atoms. The van der Waals surface area contributed by atoms with E-state index < -0.39 is 12.0 Å². The predicted octanol–water partition coefficient (Wildman–Crippen LogP) is 2.81. The number of carbonyl (C=O) groups excluding carboxylic acids is 1. The SMILES string of the molecule is COc1cc(C(=O)N2CCCC2C(=O)O)ccc1OCCC(C)C. The molecule has 1 N–H and O–H groups in total. The Balaban J connectivity index is 2.13. The van der Waals surface area contributed by atoms with Gasteiger partial charge in [0.05, 0.1) is 13.7 Å². The van der Waals surface area contributed by atoms with Crippen LogP contribution in [-0.2, 0) is 4.79 Å². The van der Waals surface area contributed by atoms with E-state index in [0.717, 1.165) is 6.42 Å². The summed E-state index contributed by atoms with van der Waals surface area (Å²) in [4.78, 5) is 25.3. The third kappa shape index (κ3) is 4.19. The van der Waals surface area contributed by atoms with Gasteiger partial charge in [-0.2, -0.15) is 0 Å². The van der Waals surface area contributed by atoms with Crippen LogP contribution in [0.1, 0.15) is 43.5 Å². The number of likely N-dealkylation sites (tertiary alicyclic amines) is 1. The van der Waals surface area contributed by atoms with Crippen molar-refractivity contribution >= 4 is 11.9 Å². The van der Waals surface area contributed by atoms with Crippen LogP contribution >= 0.6 is 0 Å². The molecule has 24 heavy (non-hydrogen) atoms. The molecule has 6 heteroatoms. The summed E-state index contributed by atoms with van der Waals surface area (Å²) in [5.41, 5.74) is 0.413. The number of nitrogens with zero attached hydrogens (tertiary/aromatic N) is 1. The van der Waals surface area contributed by atoms with Crippen molar-refractivity contribution in [1.82, 2.24) is 4.90 Å². The average Bonchev–Trinajstić information content (AvgIpc) is 3.04. The summed E-state index contributed by atoms with van der Waals surface area (Å²) >= 11 is 0. The van der Waals surface area contributed by atoms with Crippen LogP contribution < -0.4 is 9.47 Å². The smallest absolute Gasteiger partial charge is 0.326 e. The number of ether oxygens (including phenoxy) is 2. The number of amides is 1. The number of rotatable bonds is 7. The first kappa shape index (κ1) is 18.1. The lowest BCUT2D eigenvalue weighted by Gasteiger charge is -2.22. The van der Waals surface area contributed by atoms with Gasteiger partial charge in [-0.25, -0.2) is 4.79 Å². The highest BCUT2D eigenvalue weighted by Gasteiger charge is 2.34. The molecule has 1 unspecified atom stereocenters. The molecule has 0 aliphatic carbocycles. The second kappa shape index (κ2) is 8.04. The predicted molar refractivity (Wildman–Crippen MR) is 89.6 cm³/mol. The Morgan fingerprint density at radius 2 is 2.08 bits per heavy atom. The first-order valence-electron chi connectivity index (χ1n) is 8.28. The lowest BCUT2D eigenvalue weighted by atomic mass is 10.1. The molecule has 1 amide bonds. The lowest BCUT2D eigenvalue weighted by Crippen LogP contribution is -2.40. The molecule has 2 rings (SSSR count). The molecule has 1 heterocycles. The molecule has 1 aliphatic heterocycles. The quantitative estimate of drug-likeness (QED) is 0.829. The molecule has 132 valence electrons. The van der Waals surface area contributed by atoms with E-state index >= 15 is 0 Å². The molecular formula is C18H25NO5. The Bertz CT molecular complexity index is 599. The van der Waals surface area contributed by atoms with Crippen molar-refractivity contribution in [2.75, 3.05) is 20.3 Å². The fourth-order valence-electron chi connectivity index (χ4n) is 2.76. The van der Waals surface area contributed by atoms with Crippen LogP contribution in [0.2, 0.25) is 0 Å². The summed E-state index contributed by atoms with van der Waals surface area (Å²) in [5.74, 6) is 0.370. The topological polar surface area (TPSA) is 76.1 Å². The number of aliphatic carboxylic acids is 1. The van der Waals surface area contributed by atoms with E-state index in [1.54, 1.807) is 18.2 Å². The maximum absolute atomic E-state index is 12.6. The van der Waals surface area contributed by atoms with Crippen molar-refractivity contribution in [3.8, 4) is 11.5 Å². The van der Waals surface area contributed by atoms with E-state index in [1.807, 2.05) is 0 Å². The Morgan fingerprint density at radius 3 is 2.71 bits per heavy atom. The minimum atomic E-state index is -0.957. The fourth-order valence-corrected chi connectivity index (χ4v) is 2.76. The fraction of sp³-hybridized carbons (Fsp3) is 0.556. The number of carboxylic acid groups (broad SMARTS) is 1. The van der Waals surface area contributed by atoms with Gasteiger partial charge in [-0.1, -0.05) is 13.8 Å². The third-order valence-electron chi connectivity index (χ3n) is 4.16. The van der Waals surface area contributed by atoms with Crippen LogP contribution in [0, 0.1) is 5.92 Å². The minimum Gasteiger partial charge on any atom is -0.493 e. The van der Waals surface area contributed by atoms with Gasteiger partial charge in [0.1, 0.15) is 6.04 Å². The summed E-state index contributed by atoms with van der Waals surface area (Å²) < 4.78 is 11.0. The van der Waals surface area contributed by atoms with E-state index in [2.05, 4.69) is 13.8 Å². The number of carboxylic acids is 1. The minimum absolute atomic E-state index is 0.285. The molecule has 1 aliphatic rings. The van der Waals surface area contributed by atoms with Crippen molar-refractivity contribution in [3.63, 3.8) is 0 Å². The summed E-state index contributed by atoms with van der Waals surface area (Å²) in [6.07, 6.45) is 2.13. The van der Waals surface area contributed by atoms with Crippen molar-refractivity contribution in [1.29, 1.82) is 0 Å². The lowest BCUT2D eigenvalue weighted by molar-refractivity contribution is -0.141. The highest BCUT2D eigenvalue weighted by Crippen LogP contribution is 2.30. The largest absolute Gasteiger partial charge is 0.493 e. The van der Waals surface area contributed by atoms with E-state index in [1.165, 1.54) is 12.0 Å². The molecule has 0 saturated carbocycles. The molecular weight excluding hydrogens is 310 g/mol. The molecule has 6 nitrogen and oxygen atoms in total. The summed E-state index contributed by atoms with van der Waals surface area (Å²) in [7, 11) is 1.52. The Morgan fingerprint density at radius 1 is 1.33 bits per heavy atom. The maximum Gasteiger partial charge on any atom is 0.326 e. The number of hydrogen-bond donors (Lipinski definition) is 1. The monoisotopic (exact) mass is 335 g/mol. The van der Waals surface area contributed by atoms with E-state index in [9.17, 15) is 14.7 Å². The highest BCUT2D eigenvalue weighted by molar-refractivity contribution is 5.97. The van der Waals surface area contributed by atoms with Gasteiger partial charge in [0, 0.05) is 12.1 Å². The maximum atomic E-state index is 12.6. The van der Waals surface area contributed by atoms with Gasteiger partial charge >= 0.3 is 5.97 Å². The molecule has 1 aromatic rings. The number of carbonyl (C=O) groups is 2. The van der Waals surface area contributed by atoms with Gasteiger partial charge in [0.2, 0.25) is 0 Å². The van der Waals surface area contributed by atoms with Crippen LogP contribution in [0.25, 0.3) is 0 Å². The Kier molecular flexibility index (Phi) is 6.06. The first-order valence-corrected chi connectivity index (χ1v) is 8.28. The zero-order chi connectivity index (χ0) is 17.7.